The van der Waals surface area contributed by atoms with Gasteiger partial charge < -0.3 is 20.7 Å². The summed E-state index contributed by atoms with van der Waals surface area (Å²) in [5.74, 6) is 2.11. The van der Waals surface area contributed by atoms with Crippen LogP contribution in [0.25, 0.3) is 0 Å². The highest BCUT2D eigenvalue weighted by molar-refractivity contribution is 5.81. The number of methoxy groups -OCH3 is 1. The molecule has 0 saturated carbocycles. The number of unbranched alkanes of at least 4 members (excludes halogenated alkanes) is 1. The van der Waals surface area contributed by atoms with E-state index < -0.39 is 0 Å². The van der Waals surface area contributed by atoms with Crippen LogP contribution in [0.2, 0.25) is 0 Å². The van der Waals surface area contributed by atoms with Gasteiger partial charge >= 0.3 is 0 Å². The highest BCUT2D eigenvalue weighted by atomic mass is 16.5. The fraction of sp³-hybridized carbons (Fsp3) is 0.476. The Bertz CT molecular complexity index is 732. The number of benzene rings is 1. The normalized spacial score (nSPS) is 12.0. The van der Waals surface area contributed by atoms with Crippen molar-refractivity contribution >= 4 is 29.5 Å². The molecule has 0 aliphatic carbocycles. The molecule has 2 aromatic rings. The van der Waals surface area contributed by atoms with Gasteiger partial charge in [-0.1, -0.05) is 26.7 Å². The SMILES string of the molecule is CCCCC(C)Nc1nc(Nc2ccc(OC)cc2)ncc1NC=NCCC. The Balaban J connectivity index is 2.15. The van der Waals surface area contributed by atoms with Gasteiger partial charge in [0.2, 0.25) is 5.95 Å². The van der Waals surface area contributed by atoms with E-state index in [0.717, 1.165) is 42.3 Å². The lowest BCUT2D eigenvalue weighted by atomic mass is 10.1. The first-order valence-electron chi connectivity index (χ1n) is 9.95. The van der Waals surface area contributed by atoms with Gasteiger partial charge in [0, 0.05) is 18.3 Å². The van der Waals surface area contributed by atoms with Gasteiger partial charge in [-0.3, -0.25) is 4.99 Å². The number of hydrogen-bond donors (Lipinski definition) is 3. The van der Waals surface area contributed by atoms with Crippen LogP contribution in [0.3, 0.4) is 0 Å². The molecular weight excluding hydrogens is 352 g/mol. The third-order valence-electron chi connectivity index (χ3n) is 4.17. The molecule has 7 nitrogen and oxygen atoms in total. The molecule has 1 aromatic heterocycles. The lowest BCUT2D eigenvalue weighted by Crippen LogP contribution is -2.18. The molecule has 0 bridgehead atoms. The van der Waals surface area contributed by atoms with E-state index in [1.165, 1.54) is 12.8 Å². The van der Waals surface area contributed by atoms with Crippen molar-refractivity contribution in [3.05, 3.63) is 30.5 Å². The van der Waals surface area contributed by atoms with Crippen LogP contribution in [0.15, 0.2) is 35.5 Å². The molecule has 0 spiro atoms. The lowest BCUT2D eigenvalue weighted by molar-refractivity contribution is 0.415. The van der Waals surface area contributed by atoms with Crippen LogP contribution in [-0.4, -0.2) is 36.0 Å². The monoisotopic (exact) mass is 384 g/mol. The van der Waals surface area contributed by atoms with Gasteiger partial charge in [0.05, 0.1) is 19.6 Å². The van der Waals surface area contributed by atoms with E-state index in [-0.39, 0.29) is 0 Å². The minimum absolute atomic E-state index is 0.316. The van der Waals surface area contributed by atoms with Crippen LogP contribution >= 0.6 is 0 Å². The minimum atomic E-state index is 0.316. The smallest absolute Gasteiger partial charge is 0.229 e. The van der Waals surface area contributed by atoms with Crippen molar-refractivity contribution in [2.75, 3.05) is 29.6 Å². The predicted octanol–water partition coefficient (Wildman–Crippen LogP) is 5.07. The summed E-state index contributed by atoms with van der Waals surface area (Å²) in [5, 5.41) is 9.92. The average Bonchev–Trinajstić information content (AvgIpc) is 2.71. The van der Waals surface area contributed by atoms with Crippen LogP contribution in [0, 0.1) is 0 Å². The lowest BCUT2D eigenvalue weighted by Gasteiger charge is -2.17. The Morgan fingerprint density at radius 3 is 2.64 bits per heavy atom. The van der Waals surface area contributed by atoms with Gasteiger partial charge in [-0.05, 0) is 44.0 Å². The summed E-state index contributed by atoms with van der Waals surface area (Å²) < 4.78 is 5.20. The second-order valence-corrected chi connectivity index (χ2v) is 6.68. The third-order valence-corrected chi connectivity index (χ3v) is 4.17. The maximum atomic E-state index is 5.20. The fourth-order valence-electron chi connectivity index (χ4n) is 2.59. The molecule has 2 rings (SSSR count). The summed E-state index contributed by atoms with van der Waals surface area (Å²) in [6.07, 6.45) is 7.93. The van der Waals surface area contributed by atoms with Crippen molar-refractivity contribution in [2.45, 2.75) is 52.5 Å². The van der Waals surface area contributed by atoms with Crippen molar-refractivity contribution < 1.29 is 4.74 Å². The maximum absolute atomic E-state index is 5.20. The summed E-state index contributed by atoms with van der Waals surface area (Å²) >= 11 is 0. The quantitative estimate of drug-likeness (QED) is 0.350. The molecule has 0 amide bonds. The first-order valence-corrected chi connectivity index (χ1v) is 9.95. The van der Waals surface area contributed by atoms with Gasteiger partial charge in [0.1, 0.15) is 11.4 Å². The van der Waals surface area contributed by atoms with Crippen LogP contribution in [0.5, 0.6) is 5.75 Å². The molecule has 1 unspecified atom stereocenters. The number of nitrogens with zero attached hydrogens (tertiary/aromatic N) is 3. The van der Waals surface area contributed by atoms with Crippen LogP contribution in [-0.2, 0) is 0 Å². The Hall–Kier alpha value is -2.83. The van der Waals surface area contributed by atoms with E-state index in [0.29, 0.717) is 12.0 Å². The Morgan fingerprint density at radius 1 is 1.18 bits per heavy atom. The summed E-state index contributed by atoms with van der Waals surface area (Å²) in [5.41, 5.74) is 1.71. The molecule has 1 atom stereocenters. The zero-order valence-corrected chi connectivity index (χ0v) is 17.3. The van der Waals surface area contributed by atoms with E-state index in [1.807, 2.05) is 24.3 Å². The number of nitrogens with one attached hydrogen (secondary N) is 3. The summed E-state index contributed by atoms with van der Waals surface area (Å²) in [4.78, 5) is 13.4. The predicted molar refractivity (Wildman–Crippen MR) is 118 cm³/mol. The van der Waals surface area contributed by atoms with E-state index >= 15 is 0 Å². The van der Waals surface area contributed by atoms with Gasteiger partial charge in [-0.25, -0.2) is 4.98 Å². The zero-order chi connectivity index (χ0) is 20.2. The molecule has 1 heterocycles. The number of aliphatic imine (C=N–C) groups is 1. The molecule has 7 heteroatoms. The van der Waals surface area contributed by atoms with E-state index in [9.17, 15) is 0 Å². The Morgan fingerprint density at radius 2 is 1.96 bits per heavy atom. The maximum Gasteiger partial charge on any atom is 0.229 e. The molecule has 0 radical (unpaired) electrons. The molecular formula is C21H32N6O. The van der Waals surface area contributed by atoms with Gasteiger partial charge in [-0.15, -0.1) is 0 Å². The molecule has 0 saturated heterocycles. The molecule has 0 fully saturated rings. The second-order valence-electron chi connectivity index (χ2n) is 6.68. The first-order chi connectivity index (χ1) is 13.7. The zero-order valence-electron chi connectivity index (χ0n) is 17.3. The number of hydrogen-bond acceptors (Lipinski definition) is 6. The van der Waals surface area contributed by atoms with E-state index in [2.05, 4.69) is 51.7 Å². The highest BCUT2D eigenvalue weighted by Crippen LogP contribution is 2.23. The van der Waals surface area contributed by atoms with Crippen molar-refractivity contribution in [3.8, 4) is 5.75 Å². The van der Waals surface area contributed by atoms with Crippen molar-refractivity contribution in [1.82, 2.24) is 9.97 Å². The van der Waals surface area contributed by atoms with Crippen LogP contribution in [0.1, 0.15) is 46.5 Å². The number of ether oxygens (including phenoxy) is 1. The number of rotatable bonds is 12. The number of aromatic nitrogens is 2. The molecule has 0 aliphatic rings. The van der Waals surface area contributed by atoms with Crippen LogP contribution < -0.4 is 20.7 Å². The molecule has 1 aromatic carbocycles. The third kappa shape index (κ3) is 7.06. The summed E-state index contributed by atoms with van der Waals surface area (Å²) in [6, 6.07) is 7.98. The molecule has 28 heavy (non-hydrogen) atoms. The van der Waals surface area contributed by atoms with Crippen molar-refractivity contribution in [3.63, 3.8) is 0 Å². The van der Waals surface area contributed by atoms with Gasteiger partial charge in [0.15, 0.2) is 5.82 Å². The largest absolute Gasteiger partial charge is 0.497 e. The topological polar surface area (TPSA) is 83.5 Å². The Kier molecular flexibility index (Phi) is 9.04. The molecule has 152 valence electrons. The number of anilines is 4. The summed E-state index contributed by atoms with van der Waals surface area (Å²) in [6.45, 7) is 7.26. The molecule has 3 N–H and O–H groups in total. The van der Waals surface area contributed by atoms with Gasteiger partial charge in [-0.2, -0.15) is 4.98 Å². The van der Waals surface area contributed by atoms with E-state index in [1.54, 1.807) is 19.6 Å². The fourth-order valence-corrected chi connectivity index (χ4v) is 2.59. The average molecular weight is 385 g/mol. The highest BCUT2D eigenvalue weighted by Gasteiger charge is 2.10. The van der Waals surface area contributed by atoms with Crippen molar-refractivity contribution in [1.29, 1.82) is 0 Å². The Labute approximate surface area is 168 Å². The second kappa shape index (κ2) is 11.8. The van der Waals surface area contributed by atoms with Crippen LogP contribution in [0.4, 0.5) is 23.1 Å². The first kappa shape index (κ1) is 21.5. The minimum Gasteiger partial charge on any atom is -0.497 e. The van der Waals surface area contributed by atoms with E-state index in [4.69, 9.17) is 4.74 Å². The van der Waals surface area contributed by atoms with Gasteiger partial charge in [0.25, 0.3) is 0 Å². The molecule has 0 aliphatic heterocycles. The van der Waals surface area contributed by atoms with Crippen molar-refractivity contribution in [2.24, 2.45) is 4.99 Å². The summed E-state index contributed by atoms with van der Waals surface area (Å²) in [7, 11) is 1.65. The standard InChI is InChI=1S/C21H32N6O/c1-5-7-8-16(3)25-20-19(24-15-22-13-6-2)14-23-21(27-20)26-17-9-11-18(28-4)12-10-17/h9-12,14-16H,5-8,13H2,1-4H3,(H,22,24)(H2,23,25,26,27).